The fraction of sp³-hybridized carbons (Fsp3) is 0.562. The Morgan fingerprint density at radius 3 is 2.70 bits per heavy atom. The number of nitrogens with zero attached hydrogens (tertiary/aromatic N) is 1. The molecule has 0 radical (unpaired) electrons. The molecule has 0 aromatic heterocycles. The third-order valence-electron chi connectivity index (χ3n) is 4.69. The second kappa shape index (κ2) is 5.65. The van der Waals surface area contributed by atoms with Crippen molar-refractivity contribution >= 4 is 17.5 Å². The minimum absolute atomic E-state index is 0.0245. The number of phenols is 1. The van der Waals surface area contributed by atoms with Crippen LogP contribution in [0.5, 0.6) is 5.75 Å². The van der Waals surface area contributed by atoms with E-state index in [9.17, 15) is 9.90 Å². The summed E-state index contributed by atoms with van der Waals surface area (Å²) in [4.78, 5) is 14.7. The van der Waals surface area contributed by atoms with Gasteiger partial charge in [-0.25, -0.2) is 0 Å². The normalized spacial score (nSPS) is 23.4. The number of hydrogen-bond donors (Lipinski definition) is 1. The monoisotopic (exact) mass is 293 g/mol. The molecule has 1 aliphatic heterocycles. The number of likely N-dealkylation sites (tertiary alicyclic amines) is 1. The van der Waals surface area contributed by atoms with Crippen molar-refractivity contribution in [2.24, 2.45) is 5.92 Å². The van der Waals surface area contributed by atoms with Gasteiger partial charge in [-0.2, -0.15) is 0 Å². The zero-order valence-electron chi connectivity index (χ0n) is 11.5. The number of rotatable bonds is 2. The predicted octanol–water partition coefficient (Wildman–Crippen LogP) is 3.84. The van der Waals surface area contributed by atoms with Crippen molar-refractivity contribution in [2.45, 2.75) is 44.6 Å². The van der Waals surface area contributed by atoms with Crippen LogP contribution in [0.15, 0.2) is 18.2 Å². The highest BCUT2D eigenvalue weighted by Gasteiger charge is 2.36. The molecule has 2 aliphatic rings. The number of carbonyl (C=O) groups is 1. The summed E-state index contributed by atoms with van der Waals surface area (Å²) in [5.74, 6) is 0.596. The summed E-state index contributed by atoms with van der Waals surface area (Å²) in [6, 6.07) is 5.02. The molecule has 2 fully saturated rings. The van der Waals surface area contributed by atoms with Crippen LogP contribution in [0, 0.1) is 5.92 Å². The SMILES string of the molecule is O=C(c1cc(Cl)ccc1O)N1CCCC1C1CCCC1. The molecule has 1 unspecified atom stereocenters. The van der Waals surface area contributed by atoms with Crippen molar-refractivity contribution in [2.75, 3.05) is 6.54 Å². The van der Waals surface area contributed by atoms with E-state index in [2.05, 4.69) is 0 Å². The number of carbonyl (C=O) groups excluding carboxylic acids is 1. The van der Waals surface area contributed by atoms with Crippen molar-refractivity contribution in [3.05, 3.63) is 28.8 Å². The van der Waals surface area contributed by atoms with E-state index in [4.69, 9.17) is 11.6 Å². The molecular weight excluding hydrogens is 274 g/mol. The van der Waals surface area contributed by atoms with E-state index < -0.39 is 0 Å². The van der Waals surface area contributed by atoms with Crippen LogP contribution >= 0.6 is 11.6 Å². The fourth-order valence-corrected chi connectivity index (χ4v) is 3.88. The molecule has 108 valence electrons. The molecule has 1 saturated heterocycles. The molecule has 20 heavy (non-hydrogen) atoms. The van der Waals surface area contributed by atoms with Crippen molar-refractivity contribution in [1.82, 2.24) is 4.90 Å². The Morgan fingerprint density at radius 2 is 1.95 bits per heavy atom. The van der Waals surface area contributed by atoms with Crippen molar-refractivity contribution in [3.63, 3.8) is 0 Å². The minimum Gasteiger partial charge on any atom is -0.507 e. The highest BCUT2D eigenvalue weighted by molar-refractivity contribution is 6.31. The van der Waals surface area contributed by atoms with Gasteiger partial charge in [0.05, 0.1) is 5.56 Å². The molecule has 1 heterocycles. The Morgan fingerprint density at radius 1 is 1.20 bits per heavy atom. The van der Waals surface area contributed by atoms with Gasteiger partial charge in [-0.15, -0.1) is 0 Å². The Labute approximate surface area is 124 Å². The summed E-state index contributed by atoms with van der Waals surface area (Å²) in [7, 11) is 0. The van der Waals surface area contributed by atoms with Gasteiger partial charge in [-0.1, -0.05) is 24.4 Å². The molecule has 1 atom stereocenters. The lowest BCUT2D eigenvalue weighted by Gasteiger charge is -2.29. The summed E-state index contributed by atoms with van der Waals surface area (Å²) in [6.07, 6.45) is 7.19. The third kappa shape index (κ3) is 2.51. The van der Waals surface area contributed by atoms with Crippen LogP contribution in [0.4, 0.5) is 0 Å². The van der Waals surface area contributed by atoms with Gasteiger partial charge in [0.2, 0.25) is 0 Å². The zero-order valence-corrected chi connectivity index (χ0v) is 12.3. The lowest BCUT2D eigenvalue weighted by Crippen LogP contribution is -2.39. The highest BCUT2D eigenvalue weighted by Crippen LogP contribution is 2.36. The second-order valence-electron chi connectivity index (χ2n) is 5.91. The molecule has 1 saturated carbocycles. The van der Waals surface area contributed by atoms with Crippen LogP contribution in [0.1, 0.15) is 48.9 Å². The second-order valence-corrected chi connectivity index (χ2v) is 6.35. The van der Waals surface area contributed by atoms with Gasteiger partial charge in [0.25, 0.3) is 5.91 Å². The van der Waals surface area contributed by atoms with Crippen LogP contribution < -0.4 is 0 Å². The van der Waals surface area contributed by atoms with E-state index in [0.29, 0.717) is 22.5 Å². The average Bonchev–Trinajstić information content (AvgIpc) is 3.10. The number of amides is 1. The number of hydrogen-bond acceptors (Lipinski definition) is 2. The van der Waals surface area contributed by atoms with E-state index in [1.807, 2.05) is 4.90 Å². The molecule has 1 aliphatic carbocycles. The summed E-state index contributed by atoms with van der Waals surface area (Å²) in [6.45, 7) is 0.798. The van der Waals surface area contributed by atoms with Gasteiger partial charge in [0, 0.05) is 17.6 Å². The summed E-state index contributed by atoms with van der Waals surface area (Å²) >= 11 is 5.95. The van der Waals surface area contributed by atoms with E-state index in [1.165, 1.54) is 31.7 Å². The van der Waals surface area contributed by atoms with Crippen molar-refractivity contribution in [1.29, 1.82) is 0 Å². The van der Waals surface area contributed by atoms with Crippen LogP contribution in [0.2, 0.25) is 5.02 Å². The first kappa shape index (κ1) is 13.7. The highest BCUT2D eigenvalue weighted by atomic mass is 35.5. The van der Waals surface area contributed by atoms with Gasteiger partial charge < -0.3 is 10.0 Å². The van der Waals surface area contributed by atoms with E-state index in [1.54, 1.807) is 12.1 Å². The van der Waals surface area contributed by atoms with Gasteiger partial charge in [-0.05, 0) is 49.8 Å². The molecule has 1 N–H and O–H groups in total. The average molecular weight is 294 g/mol. The summed E-state index contributed by atoms with van der Waals surface area (Å²) in [5.41, 5.74) is 0.336. The first-order valence-corrected chi connectivity index (χ1v) is 7.84. The van der Waals surface area contributed by atoms with Gasteiger partial charge in [-0.3, -0.25) is 4.79 Å². The number of aromatic hydroxyl groups is 1. The zero-order chi connectivity index (χ0) is 14.1. The first-order chi connectivity index (χ1) is 9.66. The smallest absolute Gasteiger partial charge is 0.257 e. The lowest BCUT2D eigenvalue weighted by molar-refractivity contribution is 0.0686. The molecular formula is C16H20ClNO2. The summed E-state index contributed by atoms with van der Waals surface area (Å²) < 4.78 is 0. The largest absolute Gasteiger partial charge is 0.507 e. The fourth-order valence-electron chi connectivity index (χ4n) is 3.71. The Hall–Kier alpha value is -1.22. The molecule has 0 bridgehead atoms. The Kier molecular flexibility index (Phi) is 3.88. The van der Waals surface area contributed by atoms with Crippen LogP contribution in [-0.2, 0) is 0 Å². The van der Waals surface area contributed by atoms with Crippen molar-refractivity contribution < 1.29 is 9.90 Å². The molecule has 1 aromatic carbocycles. The Bertz CT molecular complexity index is 511. The maximum absolute atomic E-state index is 12.7. The number of phenolic OH excluding ortho intramolecular Hbond substituents is 1. The minimum atomic E-state index is -0.0700. The third-order valence-corrected chi connectivity index (χ3v) is 4.93. The van der Waals surface area contributed by atoms with Crippen molar-refractivity contribution in [3.8, 4) is 5.75 Å². The number of halogens is 1. The lowest BCUT2D eigenvalue weighted by atomic mass is 9.95. The summed E-state index contributed by atoms with van der Waals surface area (Å²) in [5, 5.41) is 10.4. The van der Waals surface area contributed by atoms with E-state index in [-0.39, 0.29) is 11.7 Å². The maximum atomic E-state index is 12.7. The predicted molar refractivity (Wildman–Crippen MR) is 79.1 cm³/mol. The van der Waals surface area contributed by atoms with Crippen LogP contribution in [-0.4, -0.2) is 28.5 Å². The van der Waals surface area contributed by atoms with Crippen LogP contribution in [0.3, 0.4) is 0 Å². The molecule has 3 nitrogen and oxygen atoms in total. The topological polar surface area (TPSA) is 40.5 Å². The first-order valence-electron chi connectivity index (χ1n) is 7.46. The van der Waals surface area contributed by atoms with Gasteiger partial charge >= 0.3 is 0 Å². The quantitative estimate of drug-likeness (QED) is 0.900. The molecule has 4 heteroatoms. The van der Waals surface area contributed by atoms with E-state index in [0.717, 1.165) is 19.4 Å². The molecule has 1 amide bonds. The van der Waals surface area contributed by atoms with Crippen LogP contribution in [0.25, 0.3) is 0 Å². The Balaban J connectivity index is 1.83. The number of benzene rings is 1. The molecule has 0 spiro atoms. The van der Waals surface area contributed by atoms with Gasteiger partial charge in [0.15, 0.2) is 0 Å². The van der Waals surface area contributed by atoms with Gasteiger partial charge in [0.1, 0.15) is 5.75 Å². The molecule has 1 aromatic rings. The standard InChI is InChI=1S/C16H20ClNO2/c17-12-7-8-15(19)13(10-12)16(20)18-9-3-6-14(18)11-4-1-2-5-11/h7-8,10-11,14,19H,1-6,9H2. The van der Waals surface area contributed by atoms with E-state index >= 15 is 0 Å². The molecule has 3 rings (SSSR count). The maximum Gasteiger partial charge on any atom is 0.257 e.